The molecule has 0 aliphatic carbocycles. The molecule has 0 saturated carbocycles. The van der Waals surface area contributed by atoms with Crippen molar-refractivity contribution in [1.82, 2.24) is 9.62 Å². The zero-order valence-corrected chi connectivity index (χ0v) is 14.4. The molecule has 0 aliphatic rings. The van der Waals surface area contributed by atoms with E-state index in [1.54, 1.807) is 14.1 Å². The Bertz CT molecular complexity index is 595. The molecule has 0 aromatic heterocycles. The van der Waals surface area contributed by atoms with E-state index in [2.05, 4.69) is 4.72 Å². The number of rotatable bonds is 7. The SMILES string of the molecule is CC(C)CC(CN)NS(=O)(=O)c1ccc(C(=O)N(C)C)cc1. The van der Waals surface area contributed by atoms with Crippen molar-refractivity contribution in [2.45, 2.75) is 31.2 Å². The van der Waals surface area contributed by atoms with Gasteiger partial charge in [0.1, 0.15) is 0 Å². The van der Waals surface area contributed by atoms with Crippen LogP contribution in [0.4, 0.5) is 0 Å². The number of nitrogens with one attached hydrogen (secondary N) is 1. The number of carbonyl (C=O) groups is 1. The van der Waals surface area contributed by atoms with E-state index in [4.69, 9.17) is 5.73 Å². The summed E-state index contributed by atoms with van der Waals surface area (Å²) in [5, 5.41) is 0. The van der Waals surface area contributed by atoms with Crippen LogP contribution in [-0.4, -0.2) is 45.9 Å². The minimum atomic E-state index is -3.63. The lowest BCUT2D eigenvalue weighted by molar-refractivity contribution is 0.0827. The van der Waals surface area contributed by atoms with E-state index in [0.717, 1.165) is 0 Å². The van der Waals surface area contributed by atoms with Crippen LogP contribution in [0.1, 0.15) is 30.6 Å². The number of sulfonamides is 1. The van der Waals surface area contributed by atoms with E-state index in [1.165, 1.54) is 29.2 Å². The molecule has 1 unspecified atom stereocenters. The quantitative estimate of drug-likeness (QED) is 0.782. The summed E-state index contributed by atoms with van der Waals surface area (Å²) in [5.41, 5.74) is 6.07. The Hall–Kier alpha value is -1.44. The molecule has 3 N–H and O–H groups in total. The molecule has 7 heteroatoms. The predicted octanol–water partition coefficient (Wildman–Crippen LogP) is 1.04. The second-order valence-corrected chi connectivity index (χ2v) is 7.62. The number of hydrogen-bond acceptors (Lipinski definition) is 4. The van der Waals surface area contributed by atoms with Gasteiger partial charge in [-0.15, -0.1) is 0 Å². The third-order valence-electron chi connectivity index (χ3n) is 3.18. The maximum absolute atomic E-state index is 12.3. The highest BCUT2D eigenvalue weighted by molar-refractivity contribution is 7.89. The Morgan fingerprint density at radius 3 is 2.18 bits per heavy atom. The first-order valence-corrected chi connectivity index (χ1v) is 8.69. The fraction of sp³-hybridized carbons (Fsp3) is 0.533. The minimum Gasteiger partial charge on any atom is -0.345 e. The lowest BCUT2D eigenvalue weighted by Crippen LogP contribution is -2.40. The molecule has 1 rings (SSSR count). The van der Waals surface area contributed by atoms with Crippen molar-refractivity contribution in [3.63, 3.8) is 0 Å². The van der Waals surface area contributed by atoms with Crippen LogP contribution < -0.4 is 10.5 Å². The van der Waals surface area contributed by atoms with E-state index >= 15 is 0 Å². The summed E-state index contributed by atoms with van der Waals surface area (Å²) in [6, 6.07) is 5.59. The van der Waals surface area contributed by atoms with Gasteiger partial charge in [-0.05, 0) is 36.6 Å². The van der Waals surface area contributed by atoms with Crippen molar-refractivity contribution in [3.8, 4) is 0 Å². The van der Waals surface area contributed by atoms with Gasteiger partial charge in [0.15, 0.2) is 0 Å². The van der Waals surface area contributed by atoms with Gasteiger partial charge in [0, 0.05) is 32.2 Å². The molecule has 0 bridgehead atoms. The molecule has 0 fully saturated rings. The van der Waals surface area contributed by atoms with Crippen LogP contribution in [0.5, 0.6) is 0 Å². The van der Waals surface area contributed by atoms with Crippen LogP contribution in [-0.2, 0) is 10.0 Å². The van der Waals surface area contributed by atoms with Crippen molar-refractivity contribution < 1.29 is 13.2 Å². The Balaban J connectivity index is 2.91. The number of nitrogens with zero attached hydrogens (tertiary/aromatic N) is 1. The fourth-order valence-electron chi connectivity index (χ4n) is 2.08. The minimum absolute atomic E-state index is 0.130. The highest BCUT2D eigenvalue weighted by Crippen LogP contribution is 2.14. The maximum Gasteiger partial charge on any atom is 0.253 e. The van der Waals surface area contributed by atoms with Gasteiger partial charge in [-0.2, -0.15) is 0 Å². The number of nitrogens with two attached hydrogens (primary N) is 1. The Morgan fingerprint density at radius 1 is 1.23 bits per heavy atom. The number of carbonyl (C=O) groups excluding carboxylic acids is 1. The van der Waals surface area contributed by atoms with Crippen molar-refractivity contribution >= 4 is 15.9 Å². The van der Waals surface area contributed by atoms with Gasteiger partial charge in [-0.25, -0.2) is 13.1 Å². The van der Waals surface area contributed by atoms with Gasteiger partial charge in [0.25, 0.3) is 5.91 Å². The summed E-state index contributed by atoms with van der Waals surface area (Å²) in [6.45, 7) is 4.27. The van der Waals surface area contributed by atoms with Crippen molar-refractivity contribution in [3.05, 3.63) is 29.8 Å². The summed E-state index contributed by atoms with van der Waals surface area (Å²) < 4.78 is 27.3. The lowest BCUT2D eigenvalue weighted by atomic mass is 10.1. The number of amides is 1. The molecule has 1 atom stereocenters. The van der Waals surface area contributed by atoms with E-state index < -0.39 is 10.0 Å². The van der Waals surface area contributed by atoms with E-state index in [1.807, 2.05) is 13.8 Å². The van der Waals surface area contributed by atoms with Gasteiger partial charge in [-0.3, -0.25) is 4.79 Å². The van der Waals surface area contributed by atoms with Gasteiger partial charge < -0.3 is 10.6 Å². The second-order valence-electron chi connectivity index (χ2n) is 5.91. The summed E-state index contributed by atoms with van der Waals surface area (Å²) in [7, 11) is -0.345. The Morgan fingerprint density at radius 2 is 1.77 bits per heavy atom. The van der Waals surface area contributed by atoms with Crippen LogP contribution in [0, 0.1) is 5.92 Å². The first kappa shape index (κ1) is 18.6. The average Bonchev–Trinajstić information content (AvgIpc) is 2.45. The molecule has 0 aliphatic heterocycles. The third-order valence-corrected chi connectivity index (χ3v) is 4.72. The third kappa shape index (κ3) is 5.08. The second kappa shape index (κ2) is 7.71. The van der Waals surface area contributed by atoms with Crippen molar-refractivity contribution in [2.75, 3.05) is 20.6 Å². The fourth-order valence-corrected chi connectivity index (χ4v) is 3.35. The average molecular weight is 327 g/mol. The molecule has 6 nitrogen and oxygen atoms in total. The summed E-state index contributed by atoms with van der Waals surface area (Å²) in [4.78, 5) is 13.4. The van der Waals surface area contributed by atoms with Gasteiger partial charge in [-0.1, -0.05) is 13.8 Å². The normalized spacial score (nSPS) is 13.2. The van der Waals surface area contributed by atoms with Crippen LogP contribution in [0.2, 0.25) is 0 Å². The van der Waals surface area contributed by atoms with Crippen LogP contribution in [0.25, 0.3) is 0 Å². The highest BCUT2D eigenvalue weighted by atomic mass is 32.2. The number of benzene rings is 1. The Labute approximate surface area is 132 Å². The van der Waals surface area contributed by atoms with E-state index in [-0.39, 0.29) is 23.4 Å². The summed E-state index contributed by atoms with van der Waals surface area (Å²) in [5.74, 6) is 0.174. The lowest BCUT2D eigenvalue weighted by Gasteiger charge is -2.19. The smallest absolute Gasteiger partial charge is 0.253 e. The van der Waals surface area contributed by atoms with Crippen LogP contribution in [0.15, 0.2) is 29.2 Å². The van der Waals surface area contributed by atoms with Crippen LogP contribution >= 0.6 is 0 Å². The zero-order valence-electron chi connectivity index (χ0n) is 13.5. The standard InChI is InChI=1S/C15H25N3O3S/c1-11(2)9-13(10-16)17-22(20,21)14-7-5-12(6-8-14)15(19)18(3)4/h5-8,11,13,17H,9-10,16H2,1-4H3. The van der Waals surface area contributed by atoms with Gasteiger partial charge in [0.2, 0.25) is 10.0 Å². The molecule has 0 saturated heterocycles. The topological polar surface area (TPSA) is 92.5 Å². The van der Waals surface area contributed by atoms with Gasteiger partial charge >= 0.3 is 0 Å². The van der Waals surface area contributed by atoms with Crippen molar-refractivity contribution in [1.29, 1.82) is 0 Å². The molecule has 22 heavy (non-hydrogen) atoms. The molecular formula is C15H25N3O3S. The molecule has 1 aromatic rings. The molecule has 0 spiro atoms. The van der Waals surface area contributed by atoms with Crippen molar-refractivity contribution in [2.24, 2.45) is 11.7 Å². The molecular weight excluding hydrogens is 302 g/mol. The van der Waals surface area contributed by atoms with Gasteiger partial charge in [0.05, 0.1) is 4.90 Å². The highest BCUT2D eigenvalue weighted by Gasteiger charge is 2.20. The summed E-state index contributed by atoms with van der Waals surface area (Å²) in [6.07, 6.45) is 0.674. The Kier molecular flexibility index (Phi) is 6.52. The van der Waals surface area contributed by atoms with Crippen LogP contribution in [0.3, 0.4) is 0 Å². The summed E-state index contributed by atoms with van der Waals surface area (Å²) >= 11 is 0. The predicted molar refractivity (Wildman–Crippen MR) is 87.1 cm³/mol. The first-order valence-electron chi connectivity index (χ1n) is 7.21. The molecule has 0 heterocycles. The number of hydrogen-bond donors (Lipinski definition) is 2. The largest absolute Gasteiger partial charge is 0.345 e. The monoisotopic (exact) mass is 327 g/mol. The zero-order chi connectivity index (χ0) is 16.9. The van der Waals surface area contributed by atoms with E-state index in [0.29, 0.717) is 17.9 Å². The first-order chi connectivity index (χ1) is 10.2. The molecule has 1 amide bonds. The molecule has 0 radical (unpaired) electrons. The maximum atomic E-state index is 12.3. The molecule has 1 aromatic carbocycles. The van der Waals surface area contributed by atoms with E-state index in [9.17, 15) is 13.2 Å². The molecule has 124 valence electrons.